The average molecular weight is 413 g/mol. The second-order valence-corrected chi connectivity index (χ2v) is 7.11. The Morgan fingerprint density at radius 2 is 1.83 bits per heavy atom. The molecule has 1 amide bonds. The lowest BCUT2D eigenvalue weighted by molar-refractivity contribution is -0.134. The molecule has 1 heterocycles. The van der Waals surface area contributed by atoms with Crippen molar-refractivity contribution < 1.29 is 28.5 Å². The van der Waals surface area contributed by atoms with Gasteiger partial charge in [-0.2, -0.15) is 0 Å². The van der Waals surface area contributed by atoms with Gasteiger partial charge in [0.1, 0.15) is 17.2 Å². The lowest BCUT2D eigenvalue weighted by Crippen LogP contribution is -2.34. The summed E-state index contributed by atoms with van der Waals surface area (Å²) in [5, 5.41) is 0. The number of likely N-dealkylation sites (tertiary alicyclic amines) is 1. The average Bonchev–Trinajstić information content (AvgIpc) is 3.27. The van der Waals surface area contributed by atoms with E-state index in [1.807, 2.05) is 30.0 Å². The molecule has 1 aliphatic rings. The normalized spacial score (nSPS) is 15.6. The first-order chi connectivity index (χ1) is 14.5. The molecule has 30 heavy (non-hydrogen) atoms. The van der Waals surface area contributed by atoms with Gasteiger partial charge in [-0.15, -0.1) is 0 Å². The monoisotopic (exact) mass is 413 g/mol. The van der Waals surface area contributed by atoms with Crippen molar-refractivity contribution in [1.82, 2.24) is 4.90 Å². The summed E-state index contributed by atoms with van der Waals surface area (Å²) in [6, 6.07) is 10.5. The topological polar surface area (TPSA) is 74.3 Å². The van der Waals surface area contributed by atoms with E-state index in [0.29, 0.717) is 17.9 Å². The quantitative estimate of drug-likeness (QED) is 0.647. The van der Waals surface area contributed by atoms with Gasteiger partial charge >= 0.3 is 5.97 Å². The summed E-state index contributed by atoms with van der Waals surface area (Å²) in [6.45, 7) is 2.39. The Kier molecular flexibility index (Phi) is 6.82. The molecule has 7 heteroatoms. The van der Waals surface area contributed by atoms with Crippen LogP contribution >= 0.6 is 0 Å². The highest BCUT2D eigenvalue weighted by atomic mass is 16.5. The van der Waals surface area contributed by atoms with E-state index in [9.17, 15) is 9.59 Å². The predicted molar refractivity (Wildman–Crippen MR) is 111 cm³/mol. The largest absolute Gasteiger partial charge is 0.497 e. The zero-order chi connectivity index (χ0) is 21.7. The van der Waals surface area contributed by atoms with Crippen molar-refractivity contribution in [3.05, 3.63) is 53.1 Å². The van der Waals surface area contributed by atoms with Crippen LogP contribution in [0.25, 0.3) is 0 Å². The number of benzene rings is 2. The first kappa shape index (κ1) is 21.5. The molecule has 1 unspecified atom stereocenters. The summed E-state index contributed by atoms with van der Waals surface area (Å²) in [7, 11) is 4.56. The van der Waals surface area contributed by atoms with Crippen molar-refractivity contribution in [2.75, 3.05) is 34.5 Å². The van der Waals surface area contributed by atoms with Crippen LogP contribution in [0.3, 0.4) is 0 Å². The number of rotatable bonds is 7. The fourth-order valence-electron chi connectivity index (χ4n) is 3.71. The van der Waals surface area contributed by atoms with Crippen LogP contribution in [0.4, 0.5) is 0 Å². The Morgan fingerprint density at radius 3 is 2.53 bits per heavy atom. The minimum Gasteiger partial charge on any atom is -0.497 e. The maximum absolute atomic E-state index is 13.0. The predicted octanol–water partition coefficient (Wildman–Crippen LogP) is 3.54. The van der Waals surface area contributed by atoms with Crippen LogP contribution in [0.2, 0.25) is 0 Å². The second kappa shape index (κ2) is 9.52. The van der Waals surface area contributed by atoms with E-state index >= 15 is 0 Å². The van der Waals surface area contributed by atoms with Gasteiger partial charge in [0.25, 0.3) is 5.91 Å². The number of carbonyl (C=O) groups is 2. The van der Waals surface area contributed by atoms with Gasteiger partial charge in [0.15, 0.2) is 6.61 Å². The van der Waals surface area contributed by atoms with E-state index in [1.165, 1.54) is 7.11 Å². The van der Waals surface area contributed by atoms with E-state index in [0.717, 1.165) is 35.5 Å². The molecule has 1 aliphatic heterocycles. The summed E-state index contributed by atoms with van der Waals surface area (Å²) in [5.41, 5.74) is 2.14. The molecule has 0 radical (unpaired) electrons. The molecule has 0 N–H and O–H groups in total. The molecule has 3 rings (SSSR count). The van der Waals surface area contributed by atoms with Crippen LogP contribution < -0.4 is 14.2 Å². The zero-order valence-corrected chi connectivity index (χ0v) is 17.8. The third-order valence-electron chi connectivity index (χ3n) is 5.33. The molecule has 7 nitrogen and oxygen atoms in total. The van der Waals surface area contributed by atoms with Crippen LogP contribution in [-0.2, 0) is 9.53 Å². The summed E-state index contributed by atoms with van der Waals surface area (Å²) < 4.78 is 21.4. The van der Waals surface area contributed by atoms with Gasteiger partial charge in [0.05, 0.1) is 32.9 Å². The molecular formula is C23H27NO6. The number of esters is 1. The lowest BCUT2D eigenvalue weighted by atomic mass is 10.0. The molecule has 0 bridgehead atoms. The maximum atomic E-state index is 13.0. The molecule has 0 saturated carbocycles. The summed E-state index contributed by atoms with van der Waals surface area (Å²) in [4.78, 5) is 26.6. The first-order valence-electron chi connectivity index (χ1n) is 9.81. The molecule has 0 spiro atoms. The molecule has 0 aliphatic carbocycles. The third-order valence-corrected chi connectivity index (χ3v) is 5.33. The summed E-state index contributed by atoms with van der Waals surface area (Å²) in [6.07, 6.45) is 1.74. The van der Waals surface area contributed by atoms with Gasteiger partial charge in [0.2, 0.25) is 0 Å². The Morgan fingerprint density at radius 1 is 1.03 bits per heavy atom. The van der Waals surface area contributed by atoms with Crippen molar-refractivity contribution in [2.45, 2.75) is 25.8 Å². The van der Waals surface area contributed by atoms with E-state index in [4.69, 9.17) is 18.9 Å². The number of aryl methyl sites for hydroxylation is 1. The Hall–Kier alpha value is -3.22. The highest BCUT2D eigenvalue weighted by Crippen LogP contribution is 2.39. The molecule has 0 aromatic heterocycles. The summed E-state index contributed by atoms with van der Waals surface area (Å²) >= 11 is 0. The number of hydrogen-bond donors (Lipinski definition) is 0. The van der Waals surface area contributed by atoms with Crippen LogP contribution in [0, 0.1) is 6.92 Å². The van der Waals surface area contributed by atoms with Crippen molar-refractivity contribution >= 4 is 11.9 Å². The van der Waals surface area contributed by atoms with Crippen LogP contribution in [0.1, 0.15) is 40.4 Å². The molecule has 1 fully saturated rings. The van der Waals surface area contributed by atoms with Gasteiger partial charge in [-0.25, -0.2) is 4.79 Å². The van der Waals surface area contributed by atoms with E-state index in [2.05, 4.69) is 0 Å². The van der Waals surface area contributed by atoms with Crippen molar-refractivity contribution in [3.63, 3.8) is 0 Å². The van der Waals surface area contributed by atoms with Gasteiger partial charge < -0.3 is 23.8 Å². The number of nitrogens with zero attached hydrogens (tertiary/aromatic N) is 1. The fraction of sp³-hybridized carbons (Fsp3) is 0.391. The number of carbonyl (C=O) groups excluding carboxylic acids is 2. The highest BCUT2D eigenvalue weighted by molar-refractivity contribution is 5.90. The van der Waals surface area contributed by atoms with E-state index in [1.54, 1.807) is 32.4 Å². The van der Waals surface area contributed by atoms with Crippen molar-refractivity contribution in [3.8, 4) is 17.2 Å². The molecule has 1 saturated heterocycles. The van der Waals surface area contributed by atoms with Crippen molar-refractivity contribution in [1.29, 1.82) is 0 Å². The van der Waals surface area contributed by atoms with Gasteiger partial charge in [-0.05, 0) is 55.7 Å². The van der Waals surface area contributed by atoms with Gasteiger partial charge in [-0.3, -0.25) is 4.79 Å². The minimum atomic E-state index is -0.448. The van der Waals surface area contributed by atoms with Crippen LogP contribution in [-0.4, -0.2) is 51.3 Å². The van der Waals surface area contributed by atoms with E-state index in [-0.39, 0.29) is 18.6 Å². The van der Waals surface area contributed by atoms with Crippen LogP contribution in [0.15, 0.2) is 36.4 Å². The standard InChI is InChI=1S/C23H27NO6/c1-15-7-8-16(23(26)29-4)12-21(15)30-14-22(25)24-11-5-6-19(24)18-13-17(27-2)9-10-20(18)28-3/h7-10,12-13,19H,5-6,11,14H2,1-4H3. The Bertz CT molecular complexity index is 926. The number of amides is 1. The van der Waals surface area contributed by atoms with Crippen molar-refractivity contribution in [2.24, 2.45) is 0 Å². The van der Waals surface area contributed by atoms with E-state index < -0.39 is 5.97 Å². The molecule has 1 atom stereocenters. The highest BCUT2D eigenvalue weighted by Gasteiger charge is 2.32. The van der Waals surface area contributed by atoms with Gasteiger partial charge in [0, 0.05) is 12.1 Å². The maximum Gasteiger partial charge on any atom is 0.337 e. The number of hydrogen-bond acceptors (Lipinski definition) is 6. The number of ether oxygens (including phenoxy) is 4. The smallest absolute Gasteiger partial charge is 0.337 e. The molecule has 160 valence electrons. The SMILES string of the molecule is COC(=O)c1ccc(C)c(OCC(=O)N2CCCC2c2cc(OC)ccc2OC)c1. The zero-order valence-electron chi connectivity index (χ0n) is 17.8. The second-order valence-electron chi connectivity index (χ2n) is 7.11. The molecule has 2 aromatic rings. The fourth-order valence-corrected chi connectivity index (χ4v) is 3.71. The minimum absolute atomic E-state index is 0.103. The molecule has 2 aromatic carbocycles. The molecular weight excluding hydrogens is 386 g/mol. The summed E-state index contributed by atoms with van der Waals surface area (Å²) in [5.74, 6) is 1.36. The first-order valence-corrected chi connectivity index (χ1v) is 9.81. The lowest BCUT2D eigenvalue weighted by Gasteiger charge is -2.27. The Balaban J connectivity index is 1.75. The van der Waals surface area contributed by atoms with Crippen LogP contribution in [0.5, 0.6) is 17.2 Å². The third kappa shape index (κ3) is 4.50. The van der Waals surface area contributed by atoms with Gasteiger partial charge in [-0.1, -0.05) is 6.07 Å². The number of methoxy groups -OCH3 is 3. The Labute approximate surface area is 176 Å².